The lowest BCUT2D eigenvalue weighted by Crippen LogP contribution is -1.98. The lowest BCUT2D eigenvalue weighted by molar-refractivity contribution is 0.763. The molecule has 0 fully saturated rings. The molecule has 0 bridgehead atoms. The summed E-state index contributed by atoms with van der Waals surface area (Å²) in [6.07, 6.45) is 12.1. The molecule has 0 amide bonds. The molecule has 0 saturated carbocycles. The Morgan fingerprint density at radius 2 is 2.40 bits per heavy atom. The van der Waals surface area contributed by atoms with Crippen LogP contribution in [0.15, 0.2) is 36.0 Å². The van der Waals surface area contributed by atoms with Gasteiger partial charge >= 0.3 is 0 Å². The van der Waals surface area contributed by atoms with Gasteiger partial charge in [0.05, 0.1) is 0 Å². The average molecular weight is 134 g/mol. The molecule has 1 atom stereocenters. The van der Waals surface area contributed by atoms with Crippen molar-refractivity contribution in [1.82, 2.24) is 0 Å². The standard InChI is InChI=1S/C10H14/c1-3-6-10-8-5-4-7-9(10)2/h3-7,10H,8H2,1-2H3. The van der Waals surface area contributed by atoms with Gasteiger partial charge < -0.3 is 0 Å². The van der Waals surface area contributed by atoms with Gasteiger partial charge in [0.15, 0.2) is 0 Å². The maximum atomic E-state index is 2.26. The zero-order valence-corrected chi connectivity index (χ0v) is 6.67. The monoisotopic (exact) mass is 134 g/mol. The summed E-state index contributed by atoms with van der Waals surface area (Å²) in [5.74, 6) is 0.662. The van der Waals surface area contributed by atoms with Crippen molar-refractivity contribution >= 4 is 0 Å². The van der Waals surface area contributed by atoms with Gasteiger partial charge in [-0.3, -0.25) is 0 Å². The van der Waals surface area contributed by atoms with Crippen LogP contribution in [0.4, 0.5) is 0 Å². The molecule has 1 aliphatic carbocycles. The second-order valence-electron chi connectivity index (χ2n) is 2.71. The first-order chi connectivity index (χ1) is 4.84. The van der Waals surface area contributed by atoms with Crippen molar-refractivity contribution in [3.63, 3.8) is 0 Å². The van der Waals surface area contributed by atoms with Crippen LogP contribution in [-0.4, -0.2) is 0 Å². The maximum Gasteiger partial charge on any atom is 0.00116 e. The molecule has 1 aliphatic rings. The number of rotatable bonds is 1. The quantitative estimate of drug-likeness (QED) is 0.483. The predicted molar refractivity (Wildman–Crippen MR) is 45.8 cm³/mol. The molecule has 0 aliphatic heterocycles. The summed E-state index contributed by atoms with van der Waals surface area (Å²) >= 11 is 0. The fourth-order valence-electron chi connectivity index (χ4n) is 1.22. The minimum atomic E-state index is 0.662. The number of hydrogen-bond donors (Lipinski definition) is 0. The number of allylic oxidation sites excluding steroid dienone is 6. The fourth-order valence-corrected chi connectivity index (χ4v) is 1.22. The highest BCUT2D eigenvalue weighted by atomic mass is 14.1. The van der Waals surface area contributed by atoms with E-state index >= 15 is 0 Å². The highest BCUT2D eigenvalue weighted by Gasteiger charge is 2.05. The van der Waals surface area contributed by atoms with Gasteiger partial charge in [-0.25, -0.2) is 0 Å². The van der Waals surface area contributed by atoms with Gasteiger partial charge in [-0.15, -0.1) is 0 Å². The van der Waals surface area contributed by atoms with Crippen LogP contribution in [0, 0.1) is 5.92 Å². The van der Waals surface area contributed by atoms with Crippen molar-refractivity contribution in [3.05, 3.63) is 36.0 Å². The number of hydrogen-bond acceptors (Lipinski definition) is 0. The van der Waals surface area contributed by atoms with Crippen molar-refractivity contribution < 1.29 is 0 Å². The Morgan fingerprint density at radius 3 is 3.00 bits per heavy atom. The summed E-state index contributed by atoms with van der Waals surface area (Å²) in [6, 6.07) is 0. The van der Waals surface area contributed by atoms with Gasteiger partial charge in [-0.2, -0.15) is 0 Å². The van der Waals surface area contributed by atoms with Gasteiger partial charge in [-0.1, -0.05) is 36.0 Å². The molecule has 0 spiro atoms. The van der Waals surface area contributed by atoms with Crippen LogP contribution in [0.2, 0.25) is 0 Å². The highest BCUT2D eigenvalue weighted by Crippen LogP contribution is 2.20. The molecule has 0 nitrogen and oxygen atoms in total. The average Bonchev–Trinajstić information content (AvgIpc) is 1.94. The Labute approximate surface area is 62.9 Å². The molecular weight excluding hydrogens is 120 g/mol. The van der Waals surface area contributed by atoms with Gasteiger partial charge in [0.2, 0.25) is 0 Å². The van der Waals surface area contributed by atoms with Gasteiger partial charge in [0.25, 0.3) is 0 Å². The van der Waals surface area contributed by atoms with E-state index in [9.17, 15) is 0 Å². The first-order valence-electron chi connectivity index (χ1n) is 3.80. The zero-order valence-electron chi connectivity index (χ0n) is 6.67. The highest BCUT2D eigenvalue weighted by molar-refractivity contribution is 5.22. The molecule has 0 heterocycles. The molecule has 54 valence electrons. The van der Waals surface area contributed by atoms with E-state index in [4.69, 9.17) is 0 Å². The molecule has 0 heteroatoms. The molecule has 0 aromatic heterocycles. The topological polar surface area (TPSA) is 0 Å². The van der Waals surface area contributed by atoms with Crippen molar-refractivity contribution in [2.24, 2.45) is 5.92 Å². The van der Waals surface area contributed by atoms with Gasteiger partial charge in [0, 0.05) is 5.92 Å². The molecule has 1 unspecified atom stereocenters. The van der Waals surface area contributed by atoms with Crippen LogP contribution in [-0.2, 0) is 0 Å². The summed E-state index contributed by atoms with van der Waals surface area (Å²) in [5.41, 5.74) is 1.47. The normalized spacial score (nSPS) is 25.4. The summed E-state index contributed by atoms with van der Waals surface area (Å²) in [4.78, 5) is 0. The molecular formula is C10H14. The Morgan fingerprint density at radius 1 is 1.60 bits per heavy atom. The molecule has 1 rings (SSSR count). The van der Waals surface area contributed by atoms with Crippen LogP contribution in [0.5, 0.6) is 0 Å². The molecule has 0 saturated heterocycles. The van der Waals surface area contributed by atoms with E-state index in [0.717, 1.165) is 0 Å². The second kappa shape index (κ2) is 3.40. The molecule has 0 N–H and O–H groups in total. The fraction of sp³-hybridized carbons (Fsp3) is 0.400. The third-order valence-electron chi connectivity index (χ3n) is 1.89. The summed E-state index contributed by atoms with van der Waals surface area (Å²) in [6.45, 7) is 4.26. The molecule has 0 radical (unpaired) electrons. The first-order valence-corrected chi connectivity index (χ1v) is 3.80. The van der Waals surface area contributed by atoms with Gasteiger partial charge in [-0.05, 0) is 20.3 Å². The van der Waals surface area contributed by atoms with Crippen LogP contribution in [0.1, 0.15) is 20.3 Å². The van der Waals surface area contributed by atoms with E-state index < -0.39 is 0 Å². The first kappa shape index (κ1) is 7.33. The summed E-state index contributed by atoms with van der Waals surface area (Å²) in [5, 5.41) is 0. The Kier molecular flexibility index (Phi) is 2.49. The van der Waals surface area contributed by atoms with Crippen LogP contribution >= 0.6 is 0 Å². The molecule has 0 aromatic rings. The third-order valence-corrected chi connectivity index (χ3v) is 1.89. The lowest BCUT2D eigenvalue weighted by Gasteiger charge is -2.13. The molecule has 10 heavy (non-hydrogen) atoms. The van der Waals surface area contributed by atoms with E-state index in [1.54, 1.807) is 0 Å². The van der Waals surface area contributed by atoms with Crippen molar-refractivity contribution in [3.8, 4) is 0 Å². The minimum Gasteiger partial charge on any atom is -0.0910 e. The van der Waals surface area contributed by atoms with Crippen molar-refractivity contribution in [2.75, 3.05) is 0 Å². The van der Waals surface area contributed by atoms with E-state index in [0.29, 0.717) is 5.92 Å². The zero-order chi connectivity index (χ0) is 7.40. The van der Waals surface area contributed by atoms with Gasteiger partial charge in [0.1, 0.15) is 0 Å². The predicted octanol–water partition coefficient (Wildman–Crippen LogP) is 3.08. The third kappa shape index (κ3) is 1.60. The molecule has 0 aromatic carbocycles. The van der Waals surface area contributed by atoms with Crippen molar-refractivity contribution in [2.45, 2.75) is 20.3 Å². The van der Waals surface area contributed by atoms with E-state index in [1.807, 2.05) is 0 Å². The van der Waals surface area contributed by atoms with E-state index in [2.05, 4.69) is 44.2 Å². The summed E-state index contributed by atoms with van der Waals surface area (Å²) in [7, 11) is 0. The van der Waals surface area contributed by atoms with Crippen LogP contribution in [0.3, 0.4) is 0 Å². The van der Waals surface area contributed by atoms with E-state index in [1.165, 1.54) is 12.0 Å². The van der Waals surface area contributed by atoms with Crippen LogP contribution in [0.25, 0.3) is 0 Å². The van der Waals surface area contributed by atoms with Crippen LogP contribution < -0.4 is 0 Å². The Bertz CT molecular complexity index is 182. The van der Waals surface area contributed by atoms with Crippen molar-refractivity contribution in [1.29, 1.82) is 0 Å². The largest absolute Gasteiger partial charge is 0.0910 e. The maximum absolute atomic E-state index is 2.26. The van der Waals surface area contributed by atoms with E-state index in [-0.39, 0.29) is 0 Å². The Balaban J connectivity index is 2.64. The Hall–Kier alpha value is -0.780. The lowest BCUT2D eigenvalue weighted by atomic mass is 9.92. The smallest absolute Gasteiger partial charge is 0.00116 e. The SMILES string of the molecule is CC=CC1CC=CC=C1C. The minimum absolute atomic E-state index is 0.662. The summed E-state index contributed by atoms with van der Waals surface area (Å²) < 4.78 is 0. The second-order valence-corrected chi connectivity index (χ2v) is 2.71.